The van der Waals surface area contributed by atoms with Crippen molar-refractivity contribution in [1.29, 1.82) is 0 Å². The van der Waals surface area contributed by atoms with E-state index < -0.39 is 17.5 Å². The van der Waals surface area contributed by atoms with E-state index in [0.29, 0.717) is 5.56 Å². The fraction of sp³-hybridized carbons (Fsp3) is 0.286. The van der Waals surface area contributed by atoms with Gasteiger partial charge in [-0.3, -0.25) is 9.59 Å². The molecule has 0 saturated heterocycles. The highest BCUT2D eigenvalue weighted by molar-refractivity contribution is 5.89. The van der Waals surface area contributed by atoms with Crippen molar-refractivity contribution in [2.45, 2.75) is 19.4 Å². The summed E-state index contributed by atoms with van der Waals surface area (Å²) >= 11 is 0. The summed E-state index contributed by atoms with van der Waals surface area (Å²) in [4.78, 5) is 26.7. The molecule has 9 heteroatoms. The standard InChI is InChI=1S/C14H14F2N4O3/c1-17-14(22)13-19-12(23-20-13)7-18-11(21)5-3-8-2-4-9(15)10(16)6-8/h2,4,6H,3,5,7H2,1H3,(H,17,22)(H,18,21). The highest BCUT2D eigenvalue weighted by Crippen LogP contribution is 2.10. The molecule has 2 aromatic rings. The maximum Gasteiger partial charge on any atom is 0.292 e. The average Bonchev–Trinajstić information content (AvgIpc) is 3.02. The van der Waals surface area contributed by atoms with Crippen LogP contribution in [0.5, 0.6) is 0 Å². The third kappa shape index (κ3) is 4.56. The van der Waals surface area contributed by atoms with Gasteiger partial charge in [0.05, 0.1) is 6.54 Å². The molecule has 0 aliphatic carbocycles. The van der Waals surface area contributed by atoms with Crippen molar-refractivity contribution in [3.05, 3.63) is 47.1 Å². The molecule has 0 bridgehead atoms. The highest BCUT2D eigenvalue weighted by Gasteiger charge is 2.13. The Morgan fingerprint density at radius 2 is 2.04 bits per heavy atom. The second kappa shape index (κ2) is 7.43. The maximum absolute atomic E-state index is 13.0. The van der Waals surface area contributed by atoms with Crippen LogP contribution in [0.4, 0.5) is 8.78 Å². The van der Waals surface area contributed by atoms with Crippen LogP contribution in [0.25, 0.3) is 0 Å². The average molecular weight is 324 g/mol. The Labute approximate surface area is 130 Å². The maximum atomic E-state index is 13.0. The van der Waals surface area contributed by atoms with Gasteiger partial charge in [-0.05, 0) is 24.1 Å². The molecule has 23 heavy (non-hydrogen) atoms. The Morgan fingerprint density at radius 1 is 1.26 bits per heavy atom. The molecule has 0 spiro atoms. The van der Waals surface area contributed by atoms with Gasteiger partial charge in [-0.2, -0.15) is 4.98 Å². The first-order valence-electron chi connectivity index (χ1n) is 6.75. The molecule has 0 radical (unpaired) electrons. The zero-order valence-corrected chi connectivity index (χ0v) is 12.2. The molecule has 0 aliphatic rings. The molecule has 0 atom stereocenters. The van der Waals surface area contributed by atoms with Gasteiger partial charge in [0.15, 0.2) is 11.6 Å². The topological polar surface area (TPSA) is 97.1 Å². The van der Waals surface area contributed by atoms with E-state index in [9.17, 15) is 18.4 Å². The number of aromatic nitrogens is 2. The quantitative estimate of drug-likeness (QED) is 0.825. The van der Waals surface area contributed by atoms with E-state index in [1.807, 2.05) is 0 Å². The lowest BCUT2D eigenvalue weighted by molar-refractivity contribution is -0.121. The first-order chi connectivity index (χ1) is 11.0. The minimum atomic E-state index is -0.949. The summed E-state index contributed by atoms with van der Waals surface area (Å²) in [6, 6.07) is 3.48. The second-order valence-corrected chi connectivity index (χ2v) is 4.62. The highest BCUT2D eigenvalue weighted by atomic mass is 19.2. The molecule has 0 unspecified atom stereocenters. The number of halogens is 2. The number of carbonyl (C=O) groups is 2. The van der Waals surface area contributed by atoms with E-state index in [4.69, 9.17) is 4.52 Å². The molecule has 2 rings (SSSR count). The Hall–Kier alpha value is -2.84. The van der Waals surface area contributed by atoms with Crippen LogP contribution in [0.1, 0.15) is 28.5 Å². The van der Waals surface area contributed by atoms with Crippen LogP contribution in [0.3, 0.4) is 0 Å². The van der Waals surface area contributed by atoms with E-state index in [0.717, 1.165) is 12.1 Å². The number of amides is 2. The fourth-order valence-corrected chi connectivity index (χ4v) is 1.75. The third-order valence-electron chi connectivity index (χ3n) is 2.96. The zero-order chi connectivity index (χ0) is 16.8. The van der Waals surface area contributed by atoms with Crippen LogP contribution >= 0.6 is 0 Å². The minimum Gasteiger partial charge on any atom is -0.352 e. The van der Waals surface area contributed by atoms with Gasteiger partial charge in [-0.15, -0.1) is 0 Å². The molecule has 0 aliphatic heterocycles. The SMILES string of the molecule is CNC(=O)c1noc(CNC(=O)CCc2ccc(F)c(F)c2)n1. The predicted octanol–water partition coefficient (Wildman–Crippen LogP) is 0.956. The fourth-order valence-electron chi connectivity index (χ4n) is 1.75. The van der Waals surface area contributed by atoms with E-state index in [1.54, 1.807) is 0 Å². The van der Waals surface area contributed by atoms with E-state index >= 15 is 0 Å². The monoisotopic (exact) mass is 324 g/mol. The van der Waals surface area contributed by atoms with E-state index in [2.05, 4.69) is 20.8 Å². The van der Waals surface area contributed by atoms with Gasteiger partial charge in [-0.1, -0.05) is 11.2 Å². The van der Waals surface area contributed by atoms with Crippen molar-refractivity contribution in [3.63, 3.8) is 0 Å². The van der Waals surface area contributed by atoms with Crippen molar-refractivity contribution in [2.75, 3.05) is 7.05 Å². The lowest BCUT2D eigenvalue weighted by Crippen LogP contribution is -2.23. The predicted molar refractivity (Wildman–Crippen MR) is 74.2 cm³/mol. The molecule has 2 N–H and O–H groups in total. The van der Waals surface area contributed by atoms with E-state index in [-0.39, 0.29) is 37.0 Å². The van der Waals surface area contributed by atoms with Gasteiger partial charge in [-0.25, -0.2) is 8.78 Å². The lowest BCUT2D eigenvalue weighted by Gasteiger charge is -2.03. The minimum absolute atomic E-state index is 0.0272. The summed E-state index contributed by atoms with van der Waals surface area (Å²) in [7, 11) is 1.43. The van der Waals surface area contributed by atoms with Crippen molar-refractivity contribution >= 4 is 11.8 Å². The van der Waals surface area contributed by atoms with Gasteiger partial charge in [0.2, 0.25) is 11.8 Å². The van der Waals surface area contributed by atoms with Gasteiger partial charge in [0, 0.05) is 13.5 Å². The molecule has 1 aromatic carbocycles. The Bertz CT molecular complexity index is 718. The first-order valence-corrected chi connectivity index (χ1v) is 6.75. The number of aryl methyl sites for hydroxylation is 1. The molecule has 122 valence electrons. The van der Waals surface area contributed by atoms with Crippen molar-refractivity contribution in [2.24, 2.45) is 0 Å². The number of carbonyl (C=O) groups excluding carboxylic acids is 2. The molecule has 0 saturated carbocycles. The Kier molecular flexibility index (Phi) is 5.34. The normalized spacial score (nSPS) is 10.4. The number of nitrogens with one attached hydrogen (secondary N) is 2. The largest absolute Gasteiger partial charge is 0.352 e. The molecule has 1 aromatic heterocycles. The van der Waals surface area contributed by atoms with Crippen LogP contribution in [0.15, 0.2) is 22.7 Å². The van der Waals surface area contributed by atoms with Crippen molar-refractivity contribution in [1.82, 2.24) is 20.8 Å². The summed E-state index contributed by atoms with van der Waals surface area (Å²) in [5.41, 5.74) is 0.513. The summed E-state index contributed by atoms with van der Waals surface area (Å²) in [6.45, 7) is -0.0272. The zero-order valence-electron chi connectivity index (χ0n) is 12.2. The van der Waals surface area contributed by atoms with Crippen molar-refractivity contribution in [3.8, 4) is 0 Å². The molecule has 1 heterocycles. The van der Waals surface area contributed by atoms with Crippen molar-refractivity contribution < 1.29 is 22.9 Å². The van der Waals surface area contributed by atoms with E-state index in [1.165, 1.54) is 13.1 Å². The van der Waals surface area contributed by atoms with Crippen LogP contribution in [0, 0.1) is 11.6 Å². The van der Waals surface area contributed by atoms with Crippen LogP contribution in [-0.4, -0.2) is 29.0 Å². The van der Waals surface area contributed by atoms with Gasteiger partial charge < -0.3 is 15.2 Å². The number of benzene rings is 1. The molecular formula is C14H14F2N4O3. The summed E-state index contributed by atoms with van der Waals surface area (Å²) in [5.74, 6) is -2.74. The van der Waals surface area contributed by atoms with Crippen LogP contribution in [-0.2, 0) is 17.8 Å². The number of hydrogen-bond donors (Lipinski definition) is 2. The molecular weight excluding hydrogens is 310 g/mol. The van der Waals surface area contributed by atoms with Gasteiger partial charge in [0.1, 0.15) is 0 Å². The lowest BCUT2D eigenvalue weighted by atomic mass is 10.1. The van der Waals surface area contributed by atoms with Gasteiger partial charge >= 0.3 is 0 Å². The summed E-state index contributed by atoms with van der Waals surface area (Å²) in [5, 5.41) is 8.32. The van der Waals surface area contributed by atoms with Gasteiger partial charge in [0.25, 0.3) is 11.7 Å². The number of hydrogen-bond acceptors (Lipinski definition) is 5. The first kappa shape index (κ1) is 16.5. The smallest absolute Gasteiger partial charge is 0.292 e. The molecule has 0 fully saturated rings. The molecule has 7 nitrogen and oxygen atoms in total. The summed E-state index contributed by atoms with van der Waals surface area (Å²) in [6.07, 6.45) is 0.345. The van der Waals surface area contributed by atoms with Crippen LogP contribution in [0.2, 0.25) is 0 Å². The second-order valence-electron chi connectivity index (χ2n) is 4.62. The molecule has 2 amide bonds. The Morgan fingerprint density at radius 3 is 2.74 bits per heavy atom. The number of rotatable bonds is 6. The Balaban J connectivity index is 1.79. The number of nitrogens with zero attached hydrogens (tertiary/aromatic N) is 2. The van der Waals surface area contributed by atoms with Crippen LogP contribution < -0.4 is 10.6 Å². The third-order valence-corrected chi connectivity index (χ3v) is 2.96. The summed E-state index contributed by atoms with van der Waals surface area (Å²) < 4.78 is 30.6.